The summed E-state index contributed by atoms with van der Waals surface area (Å²) in [4.78, 5) is 11.1. The molecule has 0 aromatic heterocycles. The monoisotopic (exact) mass is 167 g/mol. The van der Waals surface area contributed by atoms with Crippen LogP contribution in [0.1, 0.15) is 32.1 Å². The summed E-state index contributed by atoms with van der Waals surface area (Å²) in [5.74, 6) is 0.543. The minimum atomic E-state index is 0.136. The second-order valence-corrected chi connectivity index (χ2v) is 3.58. The Kier molecular flexibility index (Phi) is 3.48. The molecule has 0 heterocycles. The first-order valence-corrected chi connectivity index (χ1v) is 4.65. The molecule has 0 aromatic rings. The van der Waals surface area contributed by atoms with Gasteiger partial charge in [0.2, 0.25) is 0 Å². The molecule has 2 nitrogen and oxygen atoms in total. The number of carbonyl (C=O) groups excluding carboxylic acids is 1. The maximum atomic E-state index is 11.1. The van der Waals surface area contributed by atoms with Crippen molar-refractivity contribution in [1.82, 2.24) is 0 Å². The number of hydrogen-bond acceptors (Lipinski definition) is 2. The lowest BCUT2D eigenvalue weighted by Gasteiger charge is -2.27. The van der Waals surface area contributed by atoms with Gasteiger partial charge in [-0.15, -0.1) is 0 Å². The molecular formula is C10H17NO. The Balaban J connectivity index is 2.38. The van der Waals surface area contributed by atoms with Crippen molar-refractivity contribution in [2.45, 2.75) is 38.1 Å². The van der Waals surface area contributed by atoms with E-state index in [1.807, 2.05) is 0 Å². The molecular weight excluding hydrogens is 150 g/mol. The van der Waals surface area contributed by atoms with Crippen molar-refractivity contribution in [1.29, 1.82) is 0 Å². The summed E-state index contributed by atoms with van der Waals surface area (Å²) in [6.45, 7) is 3.46. The Bertz CT molecular complexity index is 177. The first-order valence-electron chi connectivity index (χ1n) is 4.65. The normalized spacial score (nSPS) is 29.8. The van der Waals surface area contributed by atoms with Gasteiger partial charge in [0, 0.05) is 12.5 Å². The zero-order valence-electron chi connectivity index (χ0n) is 7.46. The second kappa shape index (κ2) is 4.41. The van der Waals surface area contributed by atoms with Crippen LogP contribution in [-0.4, -0.2) is 11.8 Å². The number of ketones is 1. The molecule has 1 fully saturated rings. The highest BCUT2D eigenvalue weighted by Crippen LogP contribution is 2.25. The lowest BCUT2D eigenvalue weighted by molar-refractivity contribution is -0.115. The van der Waals surface area contributed by atoms with Gasteiger partial charge in [0.05, 0.1) is 0 Å². The number of hydrogen-bond donors (Lipinski definition) is 1. The summed E-state index contributed by atoms with van der Waals surface area (Å²) >= 11 is 0. The van der Waals surface area contributed by atoms with Crippen molar-refractivity contribution in [3.8, 4) is 0 Å². The summed E-state index contributed by atoms with van der Waals surface area (Å²) in [5, 5.41) is 0. The average molecular weight is 167 g/mol. The lowest BCUT2D eigenvalue weighted by atomic mass is 9.82. The van der Waals surface area contributed by atoms with Crippen LogP contribution in [0, 0.1) is 5.92 Å². The third kappa shape index (κ3) is 2.45. The zero-order valence-corrected chi connectivity index (χ0v) is 7.46. The van der Waals surface area contributed by atoms with E-state index in [0.717, 1.165) is 12.8 Å². The molecule has 2 heteroatoms. The fraction of sp³-hybridized carbons (Fsp3) is 0.700. The maximum Gasteiger partial charge on any atom is 0.155 e. The summed E-state index contributed by atoms with van der Waals surface area (Å²) < 4.78 is 0. The van der Waals surface area contributed by atoms with Crippen LogP contribution in [0.5, 0.6) is 0 Å². The molecule has 0 aromatic carbocycles. The Hall–Kier alpha value is -0.630. The van der Waals surface area contributed by atoms with Crippen LogP contribution in [0.15, 0.2) is 12.7 Å². The van der Waals surface area contributed by atoms with Gasteiger partial charge in [-0.1, -0.05) is 19.4 Å². The standard InChI is InChI=1S/C10H17NO/c1-2-9(12)7-8-5-3-4-6-10(8)11/h2,8,10H,1,3-7,11H2. The molecule has 0 aliphatic heterocycles. The van der Waals surface area contributed by atoms with E-state index in [2.05, 4.69) is 6.58 Å². The van der Waals surface area contributed by atoms with Crippen molar-refractivity contribution in [2.24, 2.45) is 11.7 Å². The van der Waals surface area contributed by atoms with Crippen molar-refractivity contribution >= 4 is 5.78 Å². The lowest BCUT2D eigenvalue weighted by Crippen LogP contribution is -2.34. The predicted molar refractivity (Wildman–Crippen MR) is 49.8 cm³/mol. The smallest absolute Gasteiger partial charge is 0.155 e. The SMILES string of the molecule is C=CC(=O)CC1CCCCC1N. The minimum Gasteiger partial charge on any atom is -0.327 e. The van der Waals surface area contributed by atoms with Gasteiger partial charge >= 0.3 is 0 Å². The van der Waals surface area contributed by atoms with Crippen molar-refractivity contribution in [3.63, 3.8) is 0 Å². The van der Waals surface area contributed by atoms with E-state index in [9.17, 15) is 4.79 Å². The molecule has 2 unspecified atom stereocenters. The van der Waals surface area contributed by atoms with Crippen LogP contribution in [0.3, 0.4) is 0 Å². The van der Waals surface area contributed by atoms with Gasteiger partial charge in [-0.2, -0.15) is 0 Å². The molecule has 0 radical (unpaired) electrons. The highest BCUT2D eigenvalue weighted by Gasteiger charge is 2.22. The molecule has 0 saturated heterocycles. The van der Waals surface area contributed by atoms with Crippen molar-refractivity contribution in [3.05, 3.63) is 12.7 Å². The summed E-state index contributed by atoms with van der Waals surface area (Å²) in [6.07, 6.45) is 6.64. The Labute approximate surface area is 73.8 Å². The summed E-state index contributed by atoms with van der Waals surface area (Å²) in [7, 11) is 0. The number of rotatable bonds is 3. The fourth-order valence-corrected chi connectivity index (χ4v) is 1.83. The summed E-state index contributed by atoms with van der Waals surface area (Å²) in [5.41, 5.74) is 5.90. The topological polar surface area (TPSA) is 43.1 Å². The molecule has 0 bridgehead atoms. The van der Waals surface area contributed by atoms with Crippen LogP contribution < -0.4 is 5.73 Å². The minimum absolute atomic E-state index is 0.136. The third-order valence-corrected chi connectivity index (χ3v) is 2.66. The first-order chi connectivity index (χ1) is 5.74. The number of nitrogens with two attached hydrogens (primary N) is 1. The molecule has 1 aliphatic rings. The summed E-state index contributed by atoms with van der Waals surface area (Å²) in [6, 6.07) is 0.239. The van der Waals surface area contributed by atoms with Crippen molar-refractivity contribution in [2.75, 3.05) is 0 Å². The van der Waals surface area contributed by atoms with E-state index in [-0.39, 0.29) is 11.8 Å². The van der Waals surface area contributed by atoms with Gasteiger partial charge in [-0.3, -0.25) is 4.79 Å². The fourth-order valence-electron chi connectivity index (χ4n) is 1.83. The molecule has 1 rings (SSSR count). The number of allylic oxidation sites excluding steroid dienone is 1. The predicted octanol–water partition coefficient (Wildman–Crippen LogP) is 1.65. The molecule has 12 heavy (non-hydrogen) atoms. The molecule has 1 saturated carbocycles. The van der Waals surface area contributed by atoms with Crippen LogP contribution in [0.2, 0.25) is 0 Å². The second-order valence-electron chi connectivity index (χ2n) is 3.58. The molecule has 2 N–H and O–H groups in total. The molecule has 68 valence electrons. The van der Waals surface area contributed by atoms with Crippen LogP contribution in [-0.2, 0) is 4.79 Å². The van der Waals surface area contributed by atoms with Crippen LogP contribution in [0.25, 0.3) is 0 Å². The van der Waals surface area contributed by atoms with Crippen LogP contribution >= 0.6 is 0 Å². The Morgan fingerprint density at radius 2 is 2.17 bits per heavy atom. The van der Waals surface area contributed by atoms with Gasteiger partial charge < -0.3 is 5.73 Å². The first kappa shape index (κ1) is 9.46. The van der Waals surface area contributed by atoms with E-state index in [0.29, 0.717) is 12.3 Å². The van der Waals surface area contributed by atoms with E-state index >= 15 is 0 Å². The third-order valence-electron chi connectivity index (χ3n) is 2.66. The van der Waals surface area contributed by atoms with Gasteiger partial charge in [0.25, 0.3) is 0 Å². The molecule has 0 amide bonds. The highest BCUT2D eigenvalue weighted by molar-refractivity contribution is 5.89. The van der Waals surface area contributed by atoms with E-state index in [1.54, 1.807) is 0 Å². The quantitative estimate of drug-likeness (QED) is 0.649. The Morgan fingerprint density at radius 1 is 1.50 bits per heavy atom. The molecule has 0 spiro atoms. The van der Waals surface area contributed by atoms with E-state index in [4.69, 9.17) is 5.73 Å². The van der Waals surface area contributed by atoms with Gasteiger partial charge in [-0.05, 0) is 24.8 Å². The van der Waals surface area contributed by atoms with E-state index in [1.165, 1.54) is 18.9 Å². The van der Waals surface area contributed by atoms with Gasteiger partial charge in [0.1, 0.15) is 0 Å². The number of carbonyl (C=O) groups is 1. The largest absolute Gasteiger partial charge is 0.327 e. The van der Waals surface area contributed by atoms with E-state index < -0.39 is 0 Å². The highest BCUT2D eigenvalue weighted by atomic mass is 16.1. The molecule has 1 aliphatic carbocycles. The van der Waals surface area contributed by atoms with Crippen LogP contribution in [0.4, 0.5) is 0 Å². The maximum absolute atomic E-state index is 11.1. The van der Waals surface area contributed by atoms with Crippen molar-refractivity contribution < 1.29 is 4.79 Å². The molecule has 2 atom stereocenters. The average Bonchev–Trinajstić information content (AvgIpc) is 2.09. The van der Waals surface area contributed by atoms with Gasteiger partial charge in [-0.25, -0.2) is 0 Å². The van der Waals surface area contributed by atoms with Gasteiger partial charge in [0.15, 0.2) is 5.78 Å². The zero-order chi connectivity index (χ0) is 8.97. The Morgan fingerprint density at radius 3 is 2.75 bits per heavy atom.